The highest BCUT2D eigenvalue weighted by Gasteiger charge is 2.40. The summed E-state index contributed by atoms with van der Waals surface area (Å²) in [5.74, 6) is 1.77. The van der Waals surface area contributed by atoms with Gasteiger partial charge in [-0.3, -0.25) is 4.57 Å². The van der Waals surface area contributed by atoms with Gasteiger partial charge in [0.25, 0.3) is 0 Å². The van der Waals surface area contributed by atoms with Crippen LogP contribution in [0.5, 0.6) is 0 Å². The van der Waals surface area contributed by atoms with E-state index in [1.807, 2.05) is 6.07 Å². The summed E-state index contributed by atoms with van der Waals surface area (Å²) in [4.78, 5) is 2.58. The molecule has 0 fully saturated rings. The van der Waals surface area contributed by atoms with Gasteiger partial charge in [0.05, 0.1) is 22.9 Å². The van der Waals surface area contributed by atoms with Crippen LogP contribution in [0.4, 0.5) is 5.69 Å². The number of hydrogen-bond acceptors (Lipinski definition) is 3. The lowest BCUT2D eigenvalue weighted by Gasteiger charge is -2.32. The summed E-state index contributed by atoms with van der Waals surface area (Å²) >= 11 is 0. The number of fused-ring (bicyclic) bond motifs is 8. The van der Waals surface area contributed by atoms with Crippen molar-refractivity contribution in [2.45, 2.75) is 44.2 Å². The lowest BCUT2D eigenvalue weighted by atomic mass is 9.80. The van der Waals surface area contributed by atoms with Gasteiger partial charge < -0.3 is 14.6 Å². The predicted molar refractivity (Wildman–Crippen MR) is 235 cm³/mol. The molecule has 57 heavy (non-hydrogen) atoms. The molecule has 4 heteroatoms. The van der Waals surface area contributed by atoms with Gasteiger partial charge in [-0.25, -0.2) is 0 Å². The van der Waals surface area contributed by atoms with Crippen molar-refractivity contribution < 1.29 is 4.42 Å². The van der Waals surface area contributed by atoms with Gasteiger partial charge in [0.15, 0.2) is 0 Å². The van der Waals surface area contributed by atoms with Crippen LogP contribution in [0, 0.1) is 11.8 Å². The highest BCUT2D eigenvalue weighted by molar-refractivity contribution is 6.06. The maximum absolute atomic E-state index is 6.22. The Kier molecular flexibility index (Phi) is 7.47. The smallest absolute Gasteiger partial charge is 0.135 e. The fourth-order valence-corrected chi connectivity index (χ4v) is 10.3. The Balaban J connectivity index is 0.926. The number of dihydropyridines is 1. The van der Waals surface area contributed by atoms with Gasteiger partial charge in [-0.2, -0.15) is 0 Å². The predicted octanol–water partition coefficient (Wildman–Crippen LogP) is 11.1. The van der Waals surface area contributed by atoms with E-state index >= 15 is 0 Å². The SMILES string of the molecule is C1=CC(C2=CC(c3ccccc3)NC(n3c4c(c5ccccc53)=CC(C3=CC5C6=C(C=CCC6)N(c6ccc7oc8ccccc8c7c6)C5C=C3)CC=4)=C2)=CCC1. The number of nitrogens with zero attached hydrogens (tertiary/aromatic N) is 2. The zero-order chi connectivity index (χ0) is 37.5. The Bertz CT molecular complexity index is 3050. The van der Waals surface area contributed by atoms with Crippen LogP contribution in [0.3, 0.4) is 0 Å². The minimum atomic E-state index is 0.0702. The number of anilines is 1. The Morgan fingerprint density at radius 1 is 0.684 bits per heavy atom. The van der Waals surface area contributed by atoms with Crippen molar-refractivity contribution >= 4 is 56.5 Å². The number of allylic oxidation sites excluding steroid dienone is 10. The summed E-state index contributed by atoms with van der Waals surface area (Å²) in [5.41, 5.74) is 12.6. The standard InChI is InChI=1S/C53H43N3O/c1-3-13-34(14-4-1)38-31-46(35-15-5-2-6-16-35)54-53(32-38)56-48-21-11-8-18-41(48)44-30-37(24-27-50(44)56)36-23-26-49-43(29-36)40-17-7-10-20-47(40)55(49)39-25-28-52-45(33-39)42-19-9-12-22-51(42)57-52/h2-3,5-6,8-16,18-23,25-33,37,43,46,49,54H,1,4,7,17,24H2. The number of hydrogen-bond donors (Lipinski definition) is 1. The molecule has 0 radical (unpaired) electrons. The first-order valence-corrected chi connectivity index (χ1v) is 20.7. The van der Waals surface area contributed by atoms with Gasteiger partial charge in [-0.1, -0.05) is 121 Å². The molecule has 276 valence electrons. The van der Waals surface area contributed by atoms with E-state index in [9.17, 15) is 0 Å². The molecule has 0 saturated carbocycles. The molecule has 6 aromatic rings. The molecular formula is C53H43N3O. The van der Waals surface area contributed by atoms with Crippen molar-refractivity contribution in [2.75, 3.05) is 4.90 Å². The van der Waals surface area contributed by atoms with Gasteiger partial charge in [0, 0.05) is 44.6 Å². The molecule has 12 rings (SSSR count). The molecule has 4 atom stereocenters. The fraction of sp³-hybridized carbons (Fsp3) is 0.170. The van der Waals surface area contributed by atoms with Gasteiger partial charge >= 0.3 is 0 Å². The number of nitrogens with one attached hydrogen (secondary N) is 1. The zero-order valence-electron chi connectivity index (χ0n) is 31.8. The Hall–Kier alpha value is -6.52. The molecule has 4 heterocycles. The van der Waals surface area contributed by atoms with Crippen molar-refractivity contribution in [1.82, 2.24) is 9.88 Å². The summed E-state index contributed by atoms with van der Waals surface area (Å²) in [6, 6.07) is 35.2. The quantitative estimate of drug-likeness (QED) is 0.191. The molecule has 4 aromatic carbocycles. The maximum Gasteiger partial charge on any atom is 0.135 e. The van der Waals surface area contributed by atoms with Crippen LogP contribution in [0.15, 0.2) is 190 Å². The Morgan fingerprint density at radius 2 is 1.53 bits per heavy atom. The van der Waals surface area contributed by atoms with Crippen LogP contribution in [-0.2, 0) is 0 Å². The first-order chi connectivity index (χ1) is 28.2. The lowest BCUT2D eigenvalue weighted by molar-refractivity contribution is 0.642. The van der Waals surface area contributed by atoms with Crippen LogP contribution in [0.1, 0.15) is 43.7 Å². The number of benzene rings is 4. The van der Waals surface area contributed by atoms with Gasteiger partial charge in [-0.15, -0.1) is 0 Å². The van der Waals surface area contributed by atoms with Crippen molar-refractivity contribution in [1.29, 1.82) is 0 Å². The maximum atomic E-state index is 6.22. The Morgan fingerprint density at radius 3 is 2.44 bits per heavy atom. The van der Waals surface area contributed by atoms with Gasteiger partial charge in [0.2, 0.25) is 0 Å². The van der Waals surface area contributed by atoms with Gasteiger partial charge in [0.1, 0.15) is 17.0 Å². The Labute approximate surface area is 332 Å². The molecule has 0 amide bonds. The van der Waals surface area contributed by atoms with Crippen molar-refractivity contribution in [3.8, 4) is 0 Å². The van der Waals surface area contributed by atoms with Crippen LogP contribution >= 0.6 is 0 Å². The first kappa shape index (κ1) is 32.7. The van der Waals surface area contributed by atoms with E-state index in [0.717, 1.165) is 49.1 Å². The molecule has 1 N–H and O–H groups in total. The third-order valence-corrected chi connectivity index (χ3v) is 13.0. The van der Waals surface area contributed by atoms with E-state index in [0.29, 0.717) is 11.8 Å². The topological polar surface area (TPSA) is 33.3 Å². The van der Waals surface area contributed by atoms with Crippen molar-refractivity contribution in [2.24, 2.45) is 11.8 Å². The highest BCUT2D eigenvalue weighted by Crippen LogP contribution is 2.47. The minimum Gasteiger partial charge on any atom is -0.456 e. The van der Waals surface area contributed by atoms with E-state index in [1.54, 1.807) is 5.57 Å². The molecule has 4 nitrogen and oxygen atoms in total. The number of para-hydroxylation sites is 2. The molecule has 0 bridgehead atoms. The second-order valence-corrected chi connectivity index (χ2v) is 16.2. The first-order valence-electron chi connectivity index (χ1n) is 20.7. The van der Waals surface area contributed by atoms with Gasteiger partial charge in [-0.05, 0) is 109 Å². The molecule has 0 saturated heterocycles. The van der Waals surface area contributed by atoms with Crippen LogP contribution in [0.25, 0.3) is 50.8 Å². The largest absolute Gasteiger partial charge is 0.456 e. The molecule has 2 aliphatic heterocycles. The summed E-state index contributed by atoms with van der Waals surface area (Å²) < 4.78 is 8.70. The van der Waals surface area contributed by atoms with Crippen LogP contribution in [-0.4, -0.2) is 10.6 Å². The average molecular weight is 738 g/mol. The van der Waals surface area contributed by atoms with E-state index < -0.39 is 0 Å². The van der Waals surface area contributed by atoms with E-state index in [1.165, 1.54) is 65.9 Å². The number of furan rings is 1. The zero-order valence-corrected chi connectivity index (χ0v) is 31.8. The van der Waals surface area contributed by atoms with Crippen LogP contribution in [0.2, 0.25) is 0 Å². The van der Waals surface area contributed by atoms with Crippen molar-refractivity contribution in [3.05, 3.63) is 202 Å². The average Bonchev–Trinajstić information content (AvgIpc) is 3.94. The third kappa shape index (κ3) is 5.27. The molecule has 4 aliphatic carbocycles. The number of rotatable bonds is 5. The number of aromatic nitrogens is 1. The summed E-state index contributed by atoms with van der Waals surface area (Å²) in [5, 5.41) is 10.2. The molecule has 0 spiro atoms. The normalized spacial score (nSPS) is 23.6. The third-order valence-electron chi connectivity index (χ3n) is 13.0. The second kappa shape index (κ2) is 13.0. The van der Waals surface area contributed by atoms with E-state index in [-0.39, 0.29) is 12.1 Å². The van der Waals surface area contributed by atoms with E-state index in [2.05, 4.69) is 179 Å². The highest BCUT2D eigenvalue weighted by atomic mass is 16.3. The fourth-order valence-electron chi connectivity index (χ4n) is 10.3. The molecule has 6 aliphatic rings. The molecular weight excluding hydrogens is 695 g/mol. The lowest BCUT2D eigenvalue weighted by Crippen LogP contribution is -2.37. The minimum absolute atomic E-state index is 0.0702. The summed E-state index contributed by atoms with van der Waals surface area (Å²) in [6.45, 7) is 0. The molecule has 4 unspecified atom stereocenters. The molecule has 2 aromatic heterocycles. The van der Waals surface area contributed by atoms with Crippen LogP contribution < -0.4 is 20.8 Å². The second-order valence-electron chi connectivity index (χ2n) is 16.2. The monoisotopic (exact) mass is 737 g/mol. The summed E-state index contributed by atoms with van der Waals surface area (Å²) in [7, 11) is 0. The summed E-state index contributed by atoms with van der Waals surface area (Å²) in [6.07, 6.45) is 34.4. The van der Waals surface area contributed by atoms with Crippen molar-refractivity contribution in [3.63, 3.8) is 0 Å². The van der Waals surface area contributed by atoms with E-state index in [4.69, 9.17) is 4.42 Å².